The van der Waals surface area contributed by atoms with Crippen molar-refractivity contribution in [3.8, 4) is 0 Å². The summed E-state index contributed by atoms with van der Waals surface area (Å²) in [6.45, 7) is 4.47. The number of carbonyl (C=O) groups is 1. The van der Waals surface area contributed by atoms with Crippen LogP contribution in [-0.2, 0) is 11.3 Å². The number of nitrogens with zero attached hydrogens (tertiary/aromatic N) is 3. The van der Waals surface area contributed by atoms with E-state index in [1.807, 2.05) is 18.2 Å². The summed E-state index contributed by atoms with van der Waals surface area (Å²) < 4.78 is 2.92. The van der Waals surface area contributed by atoms with Crippen LogP contribution in [0.3, 0.4) is 0 Å². The quantitative estimate of drug-likeness (QED) is 0.308. The van der Waals surface area contributed by atoms with Crippen molar-refractivity contribution in [2.45, 2.75) is 30.0 Å². The van der Waals surface area contributed by atoms with Gasteiger partial charge in [0, 0.05) is 16.9 Å². The largest absolute Gasteiger partial charge is 0.324 e. The molecule has 8 heteroatoms. The predicted molar refractivity (Wildman–Crippen MR) is 125 cm³/mol. The van der Waals surface area contributed by atoms with Gasteiger partial charge in [0.15, 0.2) is 5.16 Å². The van der Waals surface area contributed by atoms with Crippen LogP contribution in [0, 0.1) is 0 Å². The van der Waals surface area contributed by atoms with Crippen molar-refractivity contribution in [1.29, 1.82) is 0 Å². The third-order valence-electron chi connectivity index (χ3n) is 4.94. The summed E-state index contributed by atoms with van der Waals surface area (Å²) >= 11 is 10.9. The van der Waals surface area contributed by atoms with Crippen LogP contribution in [0.15, 0.2) is 70.8 Å². The second-order valence-electron chi connectivity index (χ2n) is 7.06. The Morgan fingerprint density at radius 3 is 2.80 bits per heavy atom. The zero-order valence-electron chi connectivity index (χ0n) is 16.1. The number of nitrogens with one attached hydrogen (secondary N) is 1. The molecule has 1 aliphatic rings. The van der Waals surface area contributed by atoms with Gasteiger partial charge in [0.25, 0.3) is 0 Å². The average molecular weight is 504 g/mol. The van der Waals surface area contributed by atoms with E-state index in [-0.39, 0.29) is 11.7 Å². The number of hydrogen-bond acceptors (Lipinski definition) is 4. The van der Waals surface area contributed by atoms with Gasteiger partial charge in [0.05, 0.1) is 16.5 Å². The molecule has 1 aromatic heterocycles. The molecule has 4 rings (SSSR count). The Hall–Kier alpha value is -2.09. The Labute approximate surface area is 193 Å². The molecule has 1 amide bonds. The highest BCUT2D eigenvalue weighted by molar-refractivity contribution is 9.10. The molecule has 0 saturated heterocycles. The van der Waals surface area contributed by atoms with Gasteiger partial charge in [0.1, 0.15) is 5.82 Å². The molecular formula is C22H20BrClN4OS. The van der Waals surface area contributed by atoms with Crippen LogP contribution >= 0.6 is 39.3 Å². The number of allylic oxidation sites excluding steroid dienone is 1. The van der Waals surface area contributed by atoms with Gasteiger partial charge in [-0.3, -0.25) is 4.79 Å². The number of carbonyl (C=O) groups excluding carboxylic acids is 1. The fourth-order valence-electron chi connectivity index (χ4n) is 3.44. The van der Waals surface area contributed by atoms with Crippen molar-refractivity contribution in [2.24, 2.45) is 0 Å². The van der Waals surface area contributed by atoms with Gasteiger partial charge in [0.2, 0.25) is 5.91 Å². The number of halogens is 2. The topological polar surface area (TPSA) is 59.8 Å². The Kier molecular flexibility index (Phi) is 6.61. The van der Waals surface area contributed by atoms with Gasteiger partial charge in [-0.05, 0) is 36.1 Å². The molecule has 0 bridgehead atoms. The lowest BCUT2D eigenvalue weighted by atomic mass is 10.1. The number of anilines is 1. The number of benzene rings is 2. The normalized spacial score (nSPS) is 17.5. The lowest BCUT2D eigenvalue weighted by Crippen LogP contribution is -2.15. The van der Waals surface area contributed by atoms with Crippen LogP contribution in [-0.4, -0.2) is 26.4 Å². The Morgan fingerprint density at radius 2 is 2.07 bits per heavy atom. The summed E-state index contributed by atoms with van der Waals surface area (Å²) in [4.78, 5) is 12.4. The lowest BCUT2D eigenvalue weighted by molar-refractivity contribution is -0.113. The highest BCUT2D eigenvalue weighted by Gasteiger charge is 2.43. The minimum absolute atomic E-state index is 0.146. The monoisotopic (exact) mass is 502 g/mol. The average Bonchev–Trinajstić information content (AvgIpc) is 3.44. The van der Waals surface area contributed by atoms with Crippen LogP contribution in [0.1, 0.15) is 29.6 Å². The first kappa shape index (κ1) is 21.2. The minimum Gasteiger partial charge on any atom is -0.324 e. The number of rotatable bonds is 8. The first-order valence-electron chi connectivity index (χ1n) is 9.53. The van der Waals surface area contributed by atoms with E-state index >= 15 is 0 Å². The highest BCUT2D eigenvalue weighted by Crippen LogP contribution is 2.54. The van der Waals surface area contributed by atoms with Crippen LogP contribution < -0.4 is 5.32 Å². The molecule has 0 spiro atoms. The molecule has 1 N–H and O–H groups in total. The van der Waals surface area contributed by atoms with E-state index in [9.17, 15) is 4.79 Å². The first-order valence-corrected chi connectivity index (χ1v) is 11.7. The highest BCUT2D eigenvalue weighted by atomic mass is 79.9. The number of hydrogen-bond donors (Lipinski definition) is 1. The van der Waals surface area contributed by atoms with E-state index in [0.717, 1.165) is 21.9 Å². The van der Waals surface area contributed by atoms with Crippen LogP contribution in [0.5, 0.6) is 0 Å². The van der Waals surface area contributed by atoms with Gasteiger partial charge in [-0.2, -0.15) is 0 Å². The maximum atomic E-state index is 12.4. The smallest absolute Gasteiger partial charge is 0.234 e. The molecule has 1 aliphatic carbocycles. The molecule has 2 aromatic carbocycles. The van der Waals surface area contributed by atoms with Gasteiger partial charge in [-0.1, -0.05) is 75.7 Å². The Morgan fingerprint density at radius 1 is 1.27 bits per heavy atom. The molecule has 1 fully saturated rings. The van der Waals surface area contributed by atoms with E-state index in [1.54, 1.807) is 12.1 Å². The van der Waals surface area contributed by atoms with Crippen molar-refractivity contribution in [2.75, 3.05) is 11.1 Å². The van der Waals surface area contributed by atoms with E-state index in [4.69, 9.17) is 11.6 Å². The molecule has 30 heavy (non-hydrogen) atoms. The number of amides is 1. The van der Waals surface area contributed by atoms with Crippen molar-refractivity contribution < 1.29 is 4.79 Å². The SMILES string of the molecule is C=CCn1c(SCC(=O)Nc2ccc(Br)cc2Cl)nnc1C1CC1c1ccccc1. The summed E-state index contributed by atoms with van der Waals surface area (Å²) in [7, 11) is 0. The summed E-state index contributed by atoms with van der Waals surface area (Å²) in [5, 5.41) is 12.8. The molecule has 154 valence electrons. The fraction of sp³-hybridized carbons (Fsp3) is 0.227. The zero-order chi connectivity index (χ0) is 21.1. The number of aromatic nitrogens is 3. The van der Waals surface area contributed by atoms with Crippen LogP contribution in [0.2, 0.25) is 5.02 Å². The van der Waals surface area contributed by atoms with E-state index in [1.165, 1.54) is 17.3 Å². The van der Waals surface area contributed by atoms with Crippen LogP contribution in [0.4, 0.5) is 5.69 Å². The zero-order valence-corrected chi connectivity index (χ0v) is 19.3. The molecule has 0 aliphatic heterocycles. The molecule has 0 radical (unpaired) electrons. The van der Waals surface area contributed by atoms with Gasteiger partial charge >= 0.3 is 0 Å². The molecule has 2 unspecified atom stereocenters. The lowest BCUT2D eigenvalue weighted by Gasteiger charge is -2.09. The first-order chi connectivity index (χ1) is 14.6. The van der Waals surface area contributed by atoms with Crippen molar-refractivity contribution in [3.05, 3.63) is 82.1 Å². The summed E-state index contributed by atoms with van der Waals surface area (Å²) in [6, 6.07) is 15.8. The van der Waals surface area contributed by atoms with Crippen molar-refractivity contribution in [3.63, 3.8) is 0 Å². The van der Waals surface area contributed by atoms with E-state index in [0.29, 0.717) is 29.1 Å². The summed E-state index contributed by atoms with van der Waals surface area (Å²) in [5.41, 5.74) is 1.91. The van der Waals surface area contributed by atoms with Crippen molar-refractivity contribution in [1.82, 2.24) is 14.8 Å². The minimum atomic E-state index is -0.146. The maximum absolute atomic E-state index is 12.4. The summed E-state index contributed by atoms with van der Waals surface area (Å²) in [5.74, 6) is 1.86. The Bertz CT molecular complexity index is 1070. The Balaban J connectivity index is 1.42. The second kappa shape index (κ2) is 9.37. The van der Waals surface area contributed by atoms with Crippen LogP contribution in [0.25, 0.3) is 0 Å². The molecular weight excluding hydrogens is 484 g/mol. The third kappa shape index (κ3) is 4.79. The molecule has 1 saturated carbocycles. The number of thioether (sulfide) groups is 1. The third-order valence-corrected chi connectivity index (χ3v) is 6.72. The molecule has 2 atom stereocenters. The molecule has 1 heterocycles. The van der Waals surface area contributed by atoms with Crippen molar-refractivity contribution >= 4 is 50.9 Å². The second-order valence-corrected chi connectivity index (χ2v) is 9.33. The van der Waals surface area contributed by atoms with Gasteiger partial charge < -0.3 is 9.88 Å². The van der Waals surface area contributed by atoms with E-state index < -0.39 is 0 Å². The maximum Gasteiger partial charge on any atom is 0.234 e. The summed E-state index contributed by atoms with van der Waals surface area (Å²) in [6.07, 6.45) is 2.89. The van der Waals surface area contributed by atoms with Gasteiger partial charge in [-0.15, -0.1) is 16.8 Å². The standard InChI is InChI=1S/C22H20BrClN4OS/c1-2-10-28-21(17-12-16(17)14-6-4-3-5-7-14)26-27-22(28)30-13-20(29)25-19-9-8-15(23)11-18(19)24/h2-9,11,16-17H,1,10,12-13H2,(H,25,29). The fourth-order valence-corrected chi connectivity index (χ4v) is 4.91. The predicted octanol–water partition coefficient (Wildman–Crippen LogP) is 5.88. The molecule has 3 aromatic rings. The van der Waals surface area contributed by atoms with Gasteiger partial charge in [-0.25, -0.2) is 0 Å². The molecule has 5 nitrogen and oxygen atoms in total. The van der Waals surface area contributed by atoms with E-state index in [2.05, 4.69) is 66.9 Å².